The molecule has 0 saturated heterocycles. The average Bonchev–Trinajstić information content (AvgIpc) is 2.16. The summed E-state index contributed by atoms with van der Waals surface area (Å²) < 4.78 is 35.7. The van der Waals surface area contributed by atoms with Crippen LogP contribution in [0.3, 0.4) is 0 Å². The quantitative estimate of drug-likeness (QED) is 0.504. The van der Waals surface area contributed by atoms with Crippen LogP contribution in [-0.4, -0.2) is 11.2 Å². The third kappa shape index (κ3) is 8.99. The number of rotatable bonds is 1. The fourth-order valence-electron chi connectivity index (χ4n) is 0.649. The molecule has 0 bridgehead atoms. The minimum Gasteiger partial charge on any atom is -0.809 e. The number of hydrogen-bond acceptors (Lipinski definition) is 1. The Kier molecular flexibility index (Phi) is 9.14. The molecule has 6 heteroatoms. The molecule has 0 saturated carbocycles. The van der Waals surface area contributed by atoms with Crippen LogP contribution >= 0.6 is 0 Å². The summed E-state index contributed by atoms with van der Waals surface area (Å²) in [5.74, 6) is 1.42. The first-order valence-electron chi connectivity index (χ1n) is 4.54. The second kappa shape index (κ2) is 8.35. The maximum Gasteiger partial charge on any atom is 2.00 e. The van der Waals surface area contributed by atoms with Crippen LogP contribution in [0.4, 0.5) is 13.2 Å². The van der Waals surface area contributed by atoms with Crippen molar-refractivity contribution in [2.75, 3.05) is 0 Å². The molecule has 0 radical (unpaired) electrons. The first-order chi connectivity index (χ1) is 7.27. The van der Waals surface area contributed by atoms with Crippen LogP contribution in [0, 0.1) is 5.92 Å². The Labute approximate surface area is 112 Å². The van der Waals surface area contributed by atoms with Crippen molar-refractivity contribution in [1.82, 2.24) is 4.98 Å². The summed E-state index contributed by atoms with van der Waals surface area (Å²) in [6, 6.07) is 1.94. The Morgan fingerprint density at radius 1 is 1.24 bits per heavy atom. The summed E-state index contributed by atoms with van der Waals surface area (Å²) in [7, 11) is 0. The van der Waals surface area contributed by atoms with Gasteiger partial charge in [-0.2, -0.15) is 40.2 Å². The van der Waals surface area contributed by atoms with Gasteiger partial charge >= 0.3 is 26.0 Å². The number of aromatic nitrogens is 1. The minimum absolute atomic E-state index is 0. The molecule has 1 rings (SSSR count). The van der Waals surface area contributed by atoms with Gasteiger partial charge in [0.05, 0.1) is 5.56 Å². The van der Waals surface area contributed by atoms with Crippen LogP contribution in [0.2, 0.25) is 0 Å². The standard InChI is InChI=1S/C7H4F3N2.C4H9.Os/c8-7(9,10)5-1-2-6(3-11)12-4-5;1-4(2)3;/h1-4H;1-3H3;/q2*-1;+2. The number of pyridine rings is 1. The van der Waals surface area contributed by atoms with Gasteiger partial charge in [0.2, 0.25) is 0 Å². The van der Waals surface area contributed by atoms with Crippen LogP contribution in [0.5, 0.6) is 0 Å². The summed E-state index contributed by atoms with van der Waals surface area (Å²) in [6.07, 6.45) is -3.07. The van der Waals surface area contributed by atoms with Crippen molar-refractivity contribution < 1.29 is 33.0 Å². The largest absolute Gasteiger partial charge is 2.00 e. The molecule has 0 aliphatic heterocycles. The predicted molar refractivity (Wildman–Crippen MR) is 58.0 cm³/mol. The molecule has 0 aliphatic rings. The molecule has 0 atom stereocenters. The van der Waals surface area contributed by atoms with Crippen molar-refractivity contribution in [2.45, 2.75) is 26.9 Å². The molecule has 1 heterocycles. The molecule has 0 spiro atoms. The first-order valence-corrected chi connectivity index (χ1v) is 4.54. The Balaban J connectivity index is 0. The van der Waals surface area contributed by atoms with Crippen LogP contribution < -0.4 is 0 Å². The fourth-order valence-corrected chi connectivity index (χ4v) is 0.649. The fraction of sp³-hybridized carbons (Fsp3) is 0.364. The zero-order valence-electron chi connectivity index (χ0n) is 9.69. The van der Waals surface area contributed by atoms with Gasteiger partial charge in [0.25, 0.3) is 0 Å². The smallest absolute Gasteiger partial charge is 0.809 e. The van der Waals surface area contributed by atoms with E-state index in [1.165, 1.54) is 5.92 Å². The van der Waals surface area contributed by atoms with Crippen molar-refractivity contribution in [3.05, 3.63) is 40.9 Å². The maximum absolute atomic E-state index is 11.9. The Morgan fingerprint density at radius 2 is 1.71 bits per heavy atom. The molecule has 0 amide bonds. The van der Waals surface area contributed by atoms with E-state index >= 15 is 0 Å². The zero-order chi connectivity index (χ0) is 12.8. The topological polar surface area (TPSA) is 35.2 Å². The van der Waals surface area contributed by atoms with Gasteiger partial charge in [0.15, 0.2) is 0 Å². The molecule has 0 fully saturated rings. The molecule has 0 unspecified atom stereocenters. The van der Waals surface area contributed by atoms with Gasteiger partial charge in [-0.05, 0) is 12.1 Å². The normalized spacial score (nSPS) is 10.1. The minimum atomic E-state index is -4.37. The molecular weight excluding hydrogens is 407 g/mol. The first kappa shape index (κ1) is 18.6. The molecule has 1 aromatic rings. The Bertz CT molecular complexity index is 318. The van der Waals surface area contributed by atoms with Crippen molar-refractivity contribution in [2.24, 2.45) is 0 Å². The van der Waals surface area contributed by atoms with Crippen LogP contribution in [0.25, 0.3) is 5.41 Å². The SMILES string of the molecule is C[C-](C)C.[N-]=Cc1ccc(C(F)(F)F)cn1.[Os+2]. The van der Waals surface area contributed by atoms with E-state index < -0.39 is 11.7 Å². The maximum atomic E-state index is 11.9. The van der Waals surface area contributed by atoms with Gasteiger partial charge in [-0.15, -0.1) is 0 Å². The molecule has 0 aromatic carbocycles. The predicted octanol–water partition coefficient (Wildman–Crippen LogP) is 3.71. The molecule has 0 aliphatic carbocycles. The van der Waals surface area contributed by atoms with E-state index in [2.05, 4.69) is 25.8 Å². The third-order valence-corrected chi connectivity index (χ3v) is 1.25. The molecule has 17 heavy (non-hydrogen) atoms. The summed E-state index contributed by atoms with van der Waals surface area (Å²) in [6.45, 7) is 6.25. The molecule has 1 aromatic heterocycles. The average molecular weight is 420 g/mol. The van der Waals surface area contributed by atoms with Crippen molar-refractivity contribution in [3.63, 3.8) is 0 Å². The monoisotopic (exact) mass is 422 g/mol. The molecular formula is C11H13F3N2Os. The van der Waals surface area contributed by atoms with Crippen molar-refractivity contribution in [1.29, 1.82) is 0 Å². The van der Waals surface area contributed by atoms with Gasteiger partial charge in [-0.25, -0.2) is 0 Å². The molecule has 96 valence electrons. The second-order valence-electron chi connectivity index (χ2n) is 3.60. The second-order valence-corrected chi connectivity index (χ2v) is 3.60. The van der Waals surface area contributed by atoms with Gasteiger partial charge in [0, 0.05) is 11.9 Å². The van der Waals surface area contributed by atoms with E-state index in [-0.39, 0.29) is 25.5 Å². The molecule has 0 N–H and O–H groups in total. The van der Waals surface area contributed by atoms with Crippen molar-refractivity contribution in [3.8, 4) is 0 Å². The number of hydrogen-bond donors (Lipinski definition) is 0. The molecule has 2 nitrogen and oxygen atoms in total. The van der Waals surface area contributed by atoms with Crippen LogP contribution in [0.1, 0.15) is 32.0 Å². The van der Waals surface area contributed by atoms with Crippen molar-refractivity contribution >= 4 is 6.21 Å². The summed E-state index contributed by atoms with van der Waals surface area (Å²) in [4.78, 5) is 3.34. The summed E-state index contributed by atoms with van der Waals surface area (Å²) in [5.41, 5.74) is -0.726. The van der Waals surface area contributed by atoms with E-state index in [4.69, 9.17) is 5.41 Å². The summed E-state index contributed by atoms with van der Waals surface area (Å²) in [5, 5.41) is 8.36. The van der Waals surface area contributed by atoms with E-state index in [0.29, 0.717) is 12.4 Å². The third-order valence-electron chi connectivity index (χ3n) is 1.25. The van der Waals surface area contributed by atoms with Gasteiger partial charge in [-0.3, -0.25) is 4.98 Å². The number of halogens is 3. The zero-order valence-corrected chi connectivity index (χ0v) is 12.2. The Morgan fingerprint density at radius 3 is 1.94 bits per heavy atom. The van der Waals surface area contributed by atoms with Gasteiger partial charge in [-0.1, -0.05) is 0 Å². The summed E-state index contributed by atoms with van der Waals surface area (Å²) >= 11 is 0. The van der Waals surface area contributed by atoms with Gasteiger partial charge < -0.3 is 11.3 Å². The van der Waals surface area contributed by atoms with Gasteiger partial charge in [0.1, 0.15) is 0 Å². The van der Waals surface area contributed by atoms with E-state index in [9.17, 15) is 13.2 Å². The number of alkyl halides is 3. The van der Waals surface area contributed by atoms with E-state index in [1.54, 1.807) is 0 Å². The number of nitrogens with zero attached hydrogens (tertiary/aromatic N) is 2. The van der Waals surface area contributed by atoms with Crippen LogP contribution in [0.15, 0.2) is 18.3 Å². The van der Waals surface area contributed by atoms with E-state index in [0.717, 1.165) is 12.1 Å². The van der Waals surface area contributed by atoms with E-state index in [1.807, 2.05) is 0 Å². The Hall–Kier alpha value is -0.754. The van der Waals surface area contributed by atoms with Crippen LogP contribution in [-0.2, 0) is 26.0 Å².